The van der Waals surface area contributed by atoms with E-state index in [9.17, 15) is 4.79 Å². The molecule has 7 heteroatoms. The molecule has 0 spiro atoms. The smallest absolute Gasteiger partial charge is 0.222 e. The van der Waals surface area contributed by atoms with Crippen LogP contribution in [0, 0.1) is 0 Å². The number of methoxy groups -OCH3 is 1. The van der Waals surface area contributed by atoms with Gasteiger partial charge in [0.25, 0.3) is 0 Å². The van der Waals surface area contributed by atoms with Gasteiger partial charge >= 0.3 is 0 Å². The van der Waals surface area contributed by atoms with Crippen molar-refractivity contribution in [2.24, 2.45) is 4.99 Å². The summed E-state index contributed by atoms with van der Waals surface area (Å²) >= 11 is 0. The zero-order valence-corrected chi connectivity index (χ0v) is 19.7. The van der Waals surface area contributed by atoms with E-state index >= 15 is 0 Å². The number of hydrogen-bond donors (Lipinski definition) is 2. The van der Waals surface area contributed by atoms with Gasteiger partial charge in [-0.3, -0.25) is 9.79 Å². The first-order valence-corrected chi connectivity index (χ1v) is 9.56. The van der Waals surface area contributed by atoms with Crippen molar-refractivity contribution in [2.45, 2.75) is 26.4 Å². The first kappa shape index (κ1) is 24.7. The fourth-order valence-corrected chi connectivity index (χ4v) is 2.78. The summed E-state index contributed by atoms with van der Waals surface area (Å²) < 4.78 is 5.42. The molecule has 2 N–H and O–H groups in total. The molecule has 1 amide bonds. The maximum absolute atomic E-state index is 12.1. The van der Waals surface area contributed by atoms with Gasteiger partial charge in [-0.2, -0.15) is 0 Å². The van der Waals surface area contributed by atoms with E-state index in [1.807, 2.05) is 73.5 Å². The minimum absolute atomic E-state index is 0. The number of ether oxygens (including phenoxy) is 1. The Morgan fingerprint density at radius 3 is 2.45 bits per heavy atom. The Morgan fingerprint density at radius 2 is 1.76 bits per heavy atom. The number of carbonyl (C=O) groups is 1. The van der Waals surface area contributed by atoms with Gasteiger partial charge < -0.3 is 20.3 Å². The zero-order chi connectivity index (χ0) is 20.2. The molecule has 0 saturated carbocycles. The molecule has 0 atom stereocenters. The molecular formula is C22H31IN4O2. The van der Waals surface area contributed by atoms with Gasteiger partial charge in [-0.05, 0) is 18.6 Å². The first-order chi connectivity index (χ1) is 13.6. The summed E-state index contributed by atoms with van der Waals surface area (Å²) in [6, 6.07) is 17.8. The molecule has 0 fully saturated rings. The van der Waals surface area contributed by atoms with Crippen molar-refractivity contribution in [3.05, 3.63) is 65.7 Å². The number of guanidine groups is 1. The highest BCUT2D eigenvalue weighted by atomic mass is 127. The van der Waals surface area contributed by atoms with Crippen LogP contribution in [0.3, 0.4) is 0 Å². The molecule has 0 aliphatic carbocycles. The summed E-state index contributed by atoms with van der Waals surface area (Å²) in [5, 5.41) is 6.21. The van der Waals surface area contributed by atoms with Crippen molar-refractivity contribution in [3.63, 3.8) is 0 Å². The molecule has 0 aromatic heterocycles. The minimum Gasteiger partial charge on any atom is -0.496 e. The molecule has 0 radical (unpaired) electrons. The van der Waals surface area contributed by atoms with E-state index in [4.69, 9.17) is 4.74 Å². The van der Waals surface area contributed by atoms with Crippen LogP contribution in [0.1, 0.15) is 24.5 Å². The van der Waals surface area contributed by atoms with Crippen LogP contribution in [0.25, 0.3) is 0 Å². The summed E-state index contributed by atoms with van der Waals surface area (Å²) in [5.74, 6) is 1.62. The zero-order valence-electron chi connectivity index (χ0n) is 17.4. The van der Waals surface area contributed by atoms with Crippen molar-refractivity contribution < 1.29 is 9.53 Å². The molecule has 0 aliphatic rings. The molecule has 0 aliphatic heterocycles. The Bertz CT molecular complexity index is 768. The lowest BCUT2D eigenvalue weighted by Crippen LogP contribution is -2.38. The van der Waals surface area contributed by atoms with Gasteiger partial charge in [0.1, 0.15) is 5.75 Å². The predicted molar refractivity (Wildman–Crippen MR) is 129 cm³/mol. The monoisotopic (exact) mass is 510 g/mol. The lowest BCUT2D eigenvalue weighted by atomic mass is 10.2. The highest BCUT2D eigenvalue weighted by Gasteiger charge is 2.10. The second kappa shape index (κ2) is 13.8. The van der Waals surface area contributed by atoms with Gasteiger partial charge in [0.2, 0.25) is 5.91 Å². The van der Waals surface area contributed by atoms with E-state index in [0.717, 1.165) is 29.4 Å². The molecule has 0 bridgehead atoms. The van der Waals surface area contributed by atoms with Crippen molar-refractivity contribution in [1.82, 2.24) is 15.5 Å². The summed E-state index contributed by atoms with van der Waals surface area (Å²) in [4.78, 5) is 18.7. The number of aliphatic imine (C=N–C) groups is 1. The van der Waals surface area contributed by atoms with Gasteiger partial charge in [-0.1, -0.05) is 48.5 Å². The van der Waals surface area contributed by atoms with Crippen LogP contribution in [-0.4, -0.2) is 44.0 Å². The molecule has 0 heterocycles. The fraction of sp³-hybridized carbons (Fsp3) is 0.364. The summed E-state index contributed by atoms with van der Waals surface area (Å²) in [6.45, 7) is 4.42. The molecule has 2 rings (SSSR count). The molecule has 29 heavy (non-hydrogen) atoms. The Hall–Kier alpha value is -2.29. The van der Waals surface area contributed by atoms with Crippen LogP contribution in [0.15, 0.2) is 59.6 Å². The van der Waals surface area contributed by atoms with Crippen LogP contribution >= 0.6 is 24.0 Å². The molecule has 2 aromatic carbocycles. The maximum atomic E-state index is 12.1. The van der Waals surface area contributed by atoms with Crippen LogP contribution in [0.4, 0.5) is 0 Å². The number of nitrogens with one attached hydrogen (secondary N) is 2. The van der Waals surface area contributed by atoms with E-state index in [0.29, 0.717) is 26.1 Å². The summed E-state index contributed by atoms with van der Waals surface area (Å²) in [5.41, 5.74) is 2.17. The number of benzene rings is 2. The Kier molecular flexibility index (Phi) is 11.8. The molecule has 0 unspecified atom stereocenters. The second-order valence-electron chi connectivity index (χ2n) is 6.42. The second-order valence-corrected chi connectivity index (χ2v) is 6.42. The predicted octanol–water partition coefficient (Wildman–Crippen LogP) is 3.42. The van der Waals surface area contributed by atoms with Crippen LogP contribution in [0.5, 0.6) is 5.75 Å². The normalized spacial score (nSPS) is 10.7. The van der Waals surface area contributed by atoms with Crippen molar-refractivity contribution >= 4 is 35.8 Å². The largest absolute Gasteiger partial charge is 0.496 e. The Morgan fingerprint density at radius 1 is 1.07 bits per heavy atom. The third-order valence-electron chi connectivity index (χ3n) is 4.23. The number of nitrogens with zero attached hydrogens (tertiary/aromatic N) is 2. The van der Waals surface area contributed by atoms with E-state index < -0.39 is 0 Å². The summed E-state index contributed by atoms with van der Waals surface area (Å²) in [7, 11) is 3.65. The SMILES string of the molecule is CCNC(=NCCC(=O)NCc1ccccc1)N(C)Cc1ccccc1OC.I. The van der Waals surface area contributed by atoms with Gasteiger partial charge in [0, 0.05) is 38.7 Å². The number of rotatable bonds is 9. The highest BCUT2D eigenvalue weighted by molar-refractivity contribution is 14.0. The van der Waals surface area contributed by atoms with E-state index in [1.54, 1.807) is 7.11 Å². The average molecular weight is 510 g/mol. The van der Waals surface area contributed by atoms with Gasteiger partial charge in [0.05, 0.1) is 13.7 Å². The van der Waals surface area contributed by atoms with Crippen LogP contribution < -0.4 is 15.4 Å². The van der Waals surface area contributed by atoms with Crippen molar-refractivity contribution in [3.8, 4) is 5.75 Å². The van der Waals surface area contributed by atoms with Gasteiger partial charge in [-0.25, -0.2) is 0 Å². The third kappa shape index (κ3) is 8.72. The number of halogens is 1. The quantitative estimate of drug-likeness (QED) is 0.308. The molecule has 6 nitrogen and oxygen atoms in total. The Labute approximate surface area is 190 Å². The number of carbonyl (C=O) groups excluding carboxylic acids is 1. The highest BCUT2D eigenvalue weighted by Crippen LogP contribution is 2.18. The van der Waals surface area contributed by atoms with Crippen LogP contribution in [-0.2, 0) is 17.9 Å². The standard InChI is InChI=1S/C22H30N4O2.HI/c1-4-23-22(26(2)17-19-12-8-9-13-20(19)28-3)24-15-14-21(27)25-16-18-10-6-5-7-11-18;/h5-13H,4,14-17H2,1-3H3,(H,23,24)(H,25,27);1H. The first-order valence-electron chi connectivity index (χ1n) is 9.56. The van der Waals surface area contributed by atoms with E-state index in [-0.39, 0.29) is 29.9 Å². The minimum atomic E-state index is -0.00386. The van der Waals surface area contributed by atoms with Crippen molar-refractivity contribution in [1.29, 1.82) is 0 Å². The molecule has 0 saturated heterocycles. The number of amides is 1. The molecule has 2 aromatic rings. The lowest BCUT2D eigenvalue weighted by Gasteiger charge is -2.23. The van der Waals surface area contributed by atoms with Gasteiger partial charge in [0.15, 0.2) is 5.96 Å². The van der Waals surface area contributed by atoms with E-state index in [2.05, 4.69) is 15.6 Å². The summed E-state index contributed by atoms with van der Waals surface area (Å²) in [6.07, 6.45) is 0.351. The average Bonchev–Trinajstić information content (AvgIpc) is 2.72. The number of hydrogen-bond acceptors (Lipinski definition) is 3. The third-order valence-corrected chi connectivity index (χ3v) is 4.23. The number of para-hydroxylation sites is 1. The van der Waals surface area contributed by atoms with Gasteiger partial charge in [-0.15, -0.1) is 24.0 Å². The fourth-order valence-electron chi connectivity index (χ4n) is 2.78. The maximum Gasteiger partial charge on any atom is 0.222 e. The van der Waals surface area contributed by atoms with Crippen molar-refractivity contribution in [2.75, 3.05) is 27.2 Å². The lowest BCUT2D eigenvalue weighted by molar-refractivity contribution is -0.121. The molecular weight excluding hydrogens is 479 g/mol. The molecule has 158 valence electrons. The van der Waals surface area contributed by atoms with E-state index in [1.165, 1.54) is 0 Å². The van der Waals surface area contributed by atoms with Crippen LogP contribution in [0.2, 0.25) is 0 Å². The Balaban J connectivity index is 0.00000420. The topological polar surface area (TPSA) is 66.0 Å².